The van der Waals surface area contributed by atoms with Crippen molar-refractivity contribution in [1.29, 1.82) is 0 Å². The Bertz CT molecular complexity index is 956. The number of aromatic amines is 1. The van der Waals surface area contributed by atoms with Gasteiger partial charge in [-0.25, -0.2) is 9.77 Å². The molecule has 1 aromatic heterocycles. The maximum Gasteiger partial charge on any atom is 0.214 e. The minimum Gasteiger partial charge on any atom is -0.493 e. The second-order valence-corrected chi connectivity index (χ2v) is 7.07. The summed E-state index contributed by atoms with van der Waals surface area (Å²) in [6.45, 7) is 3.24. The fraction of sp³-hybridized carbons (Fsp3) is 0.263. The van der Waals surface area contributed by atoms with E-state index in [9.17, 15) is 0 Å². The number of H-pyrrole nitrogens is 1. The van der Waals surface area contributed by atoms with E-state index in [0.717, 1.165) is 33.6 Å². The summed E-state index contributed by atoms with van der Waals surface area (Å²) in [6, 6.07) is 13.8. The Labute approximate surface area is 171 Å². The predicted molar refractivity (Wildman–Crippen MR) is 112 cm³/mol. The van der Waals surface area contributed by atoms with Crippen LogP contribution >= 0.6 is 28.1 Å². The van der Waals surface area contributed by atoms with Crippen LogP contribution in [0.1, 0.15) is 18.9 Å². The third-order valence-electron chi connectivity index (χ3n) is 3.93. The van der Waals surface area contributed by atoms with Crippen LogP contribution in [0.15, 0.2) is 46.9 Å². The molecular weight excluding hydrogens is 428 g/mol. The van der Waals surface area contributed by atoms with E-state index in [1.807, 2.05) is 42.5 Å². The first-order valence-electron chi connectivity index (χ1n) is 8.60. The fourth-order valence-electron chi connectivity index (χ4n) is 2.59. The van der Waals surface area contributed by atoms with Crippen LogP contribution in [-0.2, 0) is 6.54 Å². The van der Waals surface area contributed by atoms with E-state index in [1.54, 1.807) is 11.8 Å². The lowest BCUT2D eigenvalue weighted by Gasteiger charge is -2.15. The van der Waals surface area contributed by atoms with Crippen molar-refractivity contribution >= 4 is 28.1 Å². The van der Waals surface area contributed by atoms with E-state index in [1.165, 1.54) is 0 Å². The largest absolute Gasteiger partial charge is 0.493 e. The molecule has 1 heterocycles. The number of methoxy groups -OCH3 is 1. The zero-order chi connectivity index (χ0) is 19.2. The number of nitrogens with one attached hydrogen (secondary N) is 2. The summed E-state index contributed by atoms with van der Waals surface area (Å²) >= 11 is 8.98. The Morgan fingerprint density at radius 2 is 2.00 bits per heavy atom. The van der Waals surface area contributed by atoms with Crippen molar-refractivity contribution in [3.05, 3.63) is 57.3 Å². The first kappa shape index (κ1) is 19.4. The summed E-state index contributed by atoms with van der Waals surface area (Å²) in [5.74, 6) is 2.15. The molecule has 27 heavy (non-hydrogen) atoms. The Morgan fingerprint density at radius 1 is 1.22 bits per heavy atom. The van der Waals surface area contributed by atoms with Crippen LogP contribution in [0, 0.1) is 4.77 Å². The molecule has 0 radical (unpaired) electrons. The van der Waals surface area contributed by atoms with Crippen LogP contribution in [0.4, 0.5) is 0 Å². The van der Waals surface area contributed by atoms with E-state index in [4.69, 9.17) is 21.7 Å². The van der Waals surface area contributed by atoms with Crippen molar-refractivity contribution in [2.24, 2.45) is 0 Å². The van der Waals surface area contributed by atoms with Crippen molar-refractivity contribution in [2.75, 3.05) is 19.1 Å². The molecule has 0 aliphatic heterocycles. The second-order valence-electron chi connectivity index (χ2n) is 5.83. The summed E-state index contributed by atoms with van der Waals surface area (Å²) in [7, 11) is 1.64. The average molecular weight is 449 g/mol. The molecule has 2 aromatic carbocycles. The second kappa shape index (κ2) is 9.05. The van der Waals surface area contributed by atoms with Gasteiger partial charge in [-0.1, -0.05) is 53.2 Å². The van der Waals surface area contributed by atoms with Gasteiger partial charge in [0.25, 0.3) is 0 Å². The van der Waals surface area contributed by atoms with Gasteiger partial charge in [0, 0.05) is 10.0 Å². The van der Waals surface area contributed by atoms with E-state index in [2.05, 4.69) is 38.5 Å². The smallest absolute Gasteiger partial charge is 0.214 e. The minimum atomic E-state index is 0.500. The zero-order valence-corrected chi connectivity index (χ0v) is 17.6. The molecule has 0 unspecified atom stereocenters. The van der Waals surface area contributed by atoms with Crippen LogP contribution in [0.25, 0.3) is 11.4 Å². The quantitative estimate of drug-likeness (QED) is 0.479. The fourth-order valence-corrected chi connectivity index (χ4v) is 3.25. The molecule has 0 atom stereocenters. The Kier molecular flexibility index (Phi) is 6.52. The van der Waals surface area contributed by atoms with Crippen molar-refractivity contribution in [3.8, 4) is 22.9 Å². The van der Waals surface area contributed by atoms with Crippen molar-refractivity contribution < 1.29 is 9.47 Å². The molecule has 0 bridgehead atoms. The summed E-state index contributed by atoms with van der Waals surface area (Å²) in [4.78, 5) is 0. The van der Waals surface area contributed by atoms with Gasteiger partial charge in [0.1, 0.15) is 0 Å². The van der Waals surface area contributed by atoms with Crippen LogP contribution in [0.2, 0.25) is 0 Å². The zero-order valence-electron chi connectivity index (χ0n) is 15.2. The van der Waals surface area contributed by atoms with Gasteiger partial charge in [0.15, 0.2) is 17.3 Å². The minimum absolute atomic E-state index is 0.500. The first-order chi connectivity index (χ1) is 13.1. The molecule has 6 nitrogen and oxygen atoms in total. The molecule has 0 aliphatic carbocycles. The van der Waals surface area contributed by atoms with Gasteiger partial charge in [-0.05, 0) is 36.3 Å². The predicted octanol–water partition coefficient (Wildman–Crippen LogP) is 4.91. The summed E-state index contributed by atoms with van der Waals surface area (Å²) < 4.78 is 14.4. The monoisotopic (exact) mass is 448 g/mol. The number of hydrogen-bond donors (Lipinski definition) is 2. The average Bonchev–Trinajstić information content (AvgIpc) is 3.06. The van der Waals surface area contributed by atoms with E-state index in [-0.39, 0.29) is 0 Å². The Morgan fingerprint density at radius 3 is 2.70 bits per heavy atom. The van der Waals surface area contributed by atoms with Crippen LogP contribution in [-0.4, -0.2) is 28.6 Å². The van der Waals surface area contributed by atoms with Gasteiger partial charge >= 0.3 is 0 Å². The number of nitrogens with zero attached hydrogens (tertiary/aromatic N) is 2. The number of halogens is 1. The summed E-state index contributed by atoms with van der Waals surface area (Å²) in [5, 5.41) is 7.17. The van der Waals surface area contributed by atoms with Crippen molar-refractivity contribution in [1.82, 2.24) is 14.9 Å². The highest BCUT2D eigenvalue weighted by Gasteiger charge is 2.12. The number of aromatic nitrogens is 3. The molecule has 3 aromatic rings. The normalized spacial score (nSPS) is 10.6. The van der Waals surface area contributed by atoms with Crippen molar-refractivity contribution in [2.45, 2.75) is 19.9 Å². The van der Waals surface area contributed by atoms with Gasteiger partial charge < -0.3 is 14.9 Å². The van der Waals surface area contributed by atoms with Gasteiger partial charge in [0.2, 0.25) is 4.77 Å². The number of rotatable bonds is 8. The lowest BCUT2D eigenvalue weighted by molar-refractivity contribution is 0.294. The maximum atomic E-state index is 5.75. The van der Waals surface area contributed by atoms with Gasteiger partial charge in [-0.15, -0.1) is 0 Å². The van der Waals surface area contributed by atoms with Gasteiger partial charge in [-0.2, -0.15) is 5.10 Å². The van der Waals surface area contributed by atoms with Crippen LogP contribution in [0.3, 0.4) is 0 Å². The lowest BCUT2D eigenvalue weighted by atomic mass is 10.2. The highest BCUT2D eigenvalue weighted by Crippen LogP contribution is 2.34. The highest BCUT2D eigenvalue weighted by atomic mass is 79.9. The summed E-state index contributed by atoms with van der Waals surface area (Å²) in [5.41, 5.74) is 5.31. The lowest BCUT2D eigenvalue weighted by Crippen LogP contribution is -2.16. The molecule has 2 N–H and O–H groups in total. The van der Waals surface area contributed by atoms with Gasteiger partial charge in [-0.3, -0.25) is 0 Å². The van der Waals surface area contributed by atoms with E-state index < -0.39 is 0 Å². The molecule has 0 saturated carbocycles. The molecular formula is C19H21BrN4O2S. The topological polar surface area (TPSA) is 64.1 Å². The van der Waals surface area contributed by atoms with Crippen LogP contribution in [0.5, 0.6) is 11.5 Å². The number of benzene rings is 2. The standard InChI is InChI=1S/C19H21BrN4O2S/c1-3-9-26-17-11-15(20)14(10-16(17)25-2)12-21-24-18(22-23-19(24)27)13-7-5-4-6-8-13/h4-8,10-11,21H,3,9,12H2,1-2H3,(H,23,27). The molecule has 0 spiro atoms. The molecule has 3 rings (SSSR count). The molecule has 0 saturated heterocycles. The first-order valence-corrected chi connectivity index (χ1v) is 9.80. The number of hydrogen-bond acceptors (Lipinski definition) is 5. The molecule has 0 aliphatic rings. The third-order valence-corrected chi connectivity index (χ3v) is 4.94. The SMILES string of the molecule is CCCOc1cc(Br)c(CNn2c(-c3ccccc3)n[nH]c2=S)cc1OC. The summed E-state index contributed by atoms with van der Waals surface area (Å²) in [6.07, 6.45) is 0.936. The van der Waals surface area contributed by atoms with Crippen molar-refractivity contribution in [3.63, 3.8) is 0 Å². The number of ether oxygens (including phenoxy) is 2. The molecule has 0 fully saturated rings. The van der Waals surface area contributed by atoms with Crippen LogP contribution < -0.4 is 14.9 Å². The van der Waals surface area contributed by atoms with E-state index in [0.29, 0.717) is 23.7 Å². The molecule has 0 amide bonds. The highest BCUT2D eigenvalue weighted by molar-refractivity contribution is 9.10. The molecule has 8 heteroatoms. The molecule has 142 valence electrons. The Balaban J connectivity index is 1.84. The third kappa shape index (κ3) is 4.51. The Hall–Kier alpha value is -2.32. The van der Waals surface area contributed by atoms with Gasteiger partial charge in [0.05, 0.1) is 20.3 Å². The maximum absolute atomic E-state index is 5.75. The van der Waals surface area contributed by atoms with E-state index >= 15 is 0 Å².